The van der Waals surface area contributed by atoms with Gasteiger partial charge < -0.3 is 0 Å². The van der Waals surface area contributed by atoms with Gasteiger partial charge in [-0.3, -0.25) is 0 Å². The van der Waals surface area contributed by atoms with Gasteiger partial charge in [0.1, 0.15) is 5.82 Å². The van der Waals surface area contributed by atoms with Gasteiger partial charge in [0.15, 0.2) is 0 Å². The van der Waals surface area contributed by atoms with E-state index < -0.39 is 5.38 Å². The number of halogens is 5. The standard InChI is InChI=1S/C11H5BrCl3FS/c12-5-1-2-6(8(16)3-5)10(14)7-4-9(13)17-11(7)15/h1-4,10H. The second-order valence-corrected chi connectivity index (χ2v) is 6.95. The predicted molar refractivity (Wildman–Crippen MR) is 76.1 cm³/mol. The first-order valence-electron chi connectivity index (χ1n) is 4.53. The zero-order valence-corrected chi connectivity index (χ0v) is 12.9. The SMILES string of the molecule is Fc1cc(Br)ccc1C(Cl)c1cc(Cl)sc1Cl. The highest BCUT2D eigenvalue weighted by molar-refractivity contribution is 9.10. The molecule has 1 unspecified atom stereocenters. The van der Waals surface area contributed by atoms with Crippen LogP contribution in [0.2, 0.25) is 8.67 Å². The highest BCUT2D eigenvalue weighted by atomic mass is 79.9. The molecular formula is C11H5BrCl3FS. The van der Waals surface area contributed by atoms with E-state index in [4.69, 9.17) is 34.8 Å². The Morgan fingerprint density at radius 3 is 2.41 bits per heavy atom. The van der Waals surface area contributed by atoms with Crippen LogP contribution in [0.4, 0.5) is 4.39 Å². The van der Waals surface area contributed by atoms with Gasteiger partial charge in [0.2, 0.25) is 0 Å². The van der Waals surface area contributed by atoms with E-state index in [-0.39, 0.29) is 5.82 Å². The molecule has 0 aliphatic rings. The van der Waals surface area contributed by atoms with Gasteiger partial charge in [-0.25, -0.2) is 4.39 Å². The van der Waals surface area contributed by atoms with E-state index in [0.717, 1.165) is 0 Å². The lowest BCUT2D eigenvalue weighted by atomic mass is 10.1. The van der Waals surface area contributed by atoms with Crippen LogP contribution in [0.5, 0.6) is 0 Å². The van der Waals surface area contributed by atoms with Gasteiger partial charge in [-0.2, -0.15) is 0 Å². The quantitative estimate of drug-likeness (QED) is 0.542. The van der Waals surface area contributed by atoms with Gasteiger partial charge in [-0.05, 0) is 18.2 Å². The molecule has 0 fully saturated rings. The molecule has 1 aromatic carbocycles. The van der Waals surface area contributed by atoms with E-state index in [1.807, 2.05) is 0 Å². The summed E-state index contributed by atoms with van der Waals surface area (Å²) >= 11 is 22.5. The zero-order valence-electron chi connectivity index (χ0n) is 8.18. The second-order valence-electron chi connectivity index (χ2n) is 3.31. The zero-order chi connectivity index (χ0) is 12.6. The molecule has 0 N–H and O–H groups in total. The van der Waals surface area contributed by atoms with Crippen molar-refractivity contribution in [2.45, 2.75) is 5.38 Å². The van der Waals surface area contributed by atoms with E-state index in [0.29, 0.717) is 24.3 Å². The van der Waals surface area contributed by atoms with Crippen molar-refractivity contribution >= 4 is 62.1 Å². The monoisotopic (exact) mass is 372 g/mol. The maximum atomic E-state index is 13.7. The lowest BCUT2D eigenvalue weighted by molar-refractivity contribution is 0.611. The van der Waals surface area contributed by atoms with Crippen LogP contribution in [-0.4, -0.2) is 0 Å². The van der Waals surface area contributed by atoms with Gasteiger partial charge in [-0.1, -0.05) is 45.2 Å². The number of thiophene rings is 1. The fourth-order valence-electron chi connectivity index (χ4n) is 1.40. The summed E-state index contributed by atoms with van der Waals surface area (Å²) in [6.45, 7) is 0. The maximum Gasteiger partial charge on any atom is 0.129 e. The third kappa shape index (κ3) is 2.96. The van der Waals surface area contributed by atoms with E-state index in [9.17, 15) is 4.39 Å². The third-order valence-corrected chi connectivity index (χ3v) is 4.67. The van der Waals surface area contributed by atoms with Crippen molar-refractivity contribution in [3.05, 3.63) is 54.4 Å². The average Bonchev–Trinajstić information content (AvgIpc) is 2.57. The third-order valence-electron chi connectivity index (χ3n) is 2.19. The van der Waals surface area contributed by atoms with Crippen molar-refractivity contribution in [3.8, 4) is 0 Å². The molecule has 0 aliphatic carbocycles. The van der Waals surface area contributed by atoms with Gasteiger partial charge in [0.25, 0.3) is 0 Å². The molecule has 2 rings (SSSR count). The molecule has 0 spiro atoms. The summed E-state index contributed by atoms with van der Waals surface area (Å²) in [6.07, 6.45) is 0. The number of hydrogen-bond donors (Lipinski definition) is 0. The van der Waals surface area contributed by atoms with Gasteiger partial charge in [0.05, 0.1) is 14.0 Å². The summed E-state index contributed by atoms with van der Waals surface area (Å²) in [5.74, 6) is -0.377. The van der Waals surface area contributed by atoms with Crippen molar-refractivity contribution in [1.82, 2.24) is 0 Å². The summed E-state index contributed by atoms with van der Waals surface area (Å²) in [5, 5.41) is -0.639. The molecule has 17 heavy (non-hydrogen) atoms. The highest BCUT2D eigenvalue weighted by Crippen LogP contribution is 2.41. The first-order valence-corrected chi connectivity index (χ1v) is 7.33. The Labute approximate surface area is 125 Å². The molecule has 1 atom stereocenters. The molecule has 90 valence electrons. The lowest BCUT2D eigenvalue weighted by Gasteiger charge is -2.10. The molecular weight excluding hydrogens is 369 g/mol. The Balaban J connectivity index is 2.43. The molecule has 1 aromatic heterocycles. The minimum absolute atomic E-state index is 0.377. The van der Waals surface area contributed by atoms with Gasteiger partial charge in [-0.15, -0.1) is 22.9 Å². The Kier molecular flexibility index (Phi) is 4.37. The normalized spacial score (nSPS) is 12.8. The molecule has 0 saturated heterocycles. The summed E-state index contributed by atoms with van der Waals surface area (Å²) in [5.41, 5.74) is 1.01. The highest BCUT2D eigenvalue weighted by Gasteiger charge is 2.20. The first kappa shape index (κ1) is 13.6. The average molecular weight is 374 g/mol. The first-order chi connectivity index (χ1) is 7.99. The second kappa shape index (κ2) is 5.45. The fraction of sp³-hybridized carbons (Fsp3) is 0.0909. The minimum Gasteiger partial charge on any atom is -0.207 e. The van der Waals surface area contributed by atoms with Gasteiger partial charge >= 0.3 is 0 Å². The van der Waals surface area contributed by atoms with Crippen LogP contribution in [0, 0.1) is 5.82 Å². The van der Waals surface area contributed by atoms with Crippen molar-refractivity contribution in [1.29, 1.82) is 0 Å². The lowest BCUT2D eigenvalue weighted by Crippen LogP contribution is -1.96. The summed E-state index contributed by atoms with van der Waals surface area (Å²) in [7, 11) is 0. The van der Waals surface area contributed by atoms with Crippen LogP contribution in [-0.2, 0) is 0 Å². The molecule has 2 aromatic rings. The fourth-order valence-corrected chi connectivity index (χ4v) is 3.74. The van der Waals surface area contributed by atoms with Crippen molar-refractivity contribution in [2.75, 3.05) is 0 Å². The van der Waals surface area contributed by atoms with Crippen molar-refractivity contribution < 1.29 is 4.39 Å². The van der Waals surface area contributed by atoms with Crippen molar-refractivity contribution in [2.24, 2.45) is 0 Å². The predicted octanol–water partition coefficient (Wildman–Crippen LogP) is 6.28. The molecule has 1 heterocycles. The van der Waals surface area contributed by atoms with Crippen LogP contribution in [0.3, 0.4) is 0 Å². The van der Waals surface area contributed by atoms with Crippen LogP contribution in [0.15, 0.2) is 28.7 Å². The summed E-state index contributed by atoms with van der Waals surface area (Å²) in [4.78, 5) is 0. The molecule has 0 radical (unpaired) electrons. The number of benzene rings is 1. The van der Waals surface area contributed by atoms with Gasteiger partial charge in [0, 0.05) is 15.6 Å². The molecule has 6 heteroatoms. The van der Waals surface area contributed by atoms with E-state index in [1.54, 1.807) is 18.2 Å². The van der Waals surface area contributed by atoms with E-state index in [2.05, 4.69) is 15.9 Å². The smallest absolute Gasteiger partial charge is 0.129 e. The Bertz CT molecular complexity index is 556. The molecule has 0 amide bonds. The topological polar surface area (TPSA) is 0 Å². The molecule has 0 saturated carbocycles. The number of hydrogen-bond acceptors (Lipinski definition) is 1. The maximum absolute atomic E-state index is 13.7. The van der Waals surface area contributed by atoms with E-state index in [1.165, 1.54) is 17.4 Å². The van der Waals surface area contributed by atoms with Crippen LogP contribution < -0.4 is 0 Å². The van der Waals surface area contributed by atoms with Crippen LogP contribution >= 0.6 is 62.1 Å². The number of rotatable bonds is 2. The summed E-state index contributed by atoms with van der Waals surface area (Å²) < 4.78 is 15.4. The number of alkyl halides is 1. The molecule has 0 bridgehead atoms. The Morgan fingerprint density at radius 1 is 1.18 bits per heavy atom. The Hall–Kier alpha value is 0.200. The molecule has 0 nitrogen and oxygen atoms in total. The van der Waals surface area contributed by atoms with E-state index >= 15 is 0 Å². The van der Waals surface area contributed by atoms with Crippen molar-refractivity contribution in [3.63, 3.8) is 0 Å². The van der Waals surface area contributed by atoms with Crippen LogP contribution in [0.25, 0.3) is 0 Å². The minimum atomic E-state index is -0.639. The summed E-state index contributed by atoms with van der Waals surface area (Å²) in [6, 6.07) is 6.38. The largest absolute Gasteiger partial charge is 0.207 e. The Morgan fingerprint density at radius 2 is 1.88 bits per heavy atom. The molecule has 0 aliphatic heterocycles. The van der Waals surface area contributed by atoms with Crippen LogP contribution in [0.1, 0.15) is 16.5 Å².